The van der Waals surface area contributed by atoms with E-state index in [-0.39, 0.29) is 16.6 Å². The van der Waals surface area contributed by atoms with E-state index < -0.39 is 0 Å². The fourth-order valence-electron chi connectivity index (χ4n) is 6.95. The number of fused-ring (bicyclic) bond motifs is 2. The maximum atomic E-state index is 15.9. The van der Waals surface area contributed by atoms with Crippen LogP contribution in [0.15, 0.2) is 30.5 Å². The molecular formula is C32H41FN+. The normalized spacial score (nSPS) is 17.5. The summed E-state index contributed by atoms with van der Waals surface area (Å²) in [5.41, 5.74) is 8.74. The molecule has 0 saturated heterocycles. The zero-order chi connectivity index (χ0) is 24.3. The third-order valence-corrected chi connectivity index (χ3v) is 9.20. The molecule has 0 unspecified atom stereocenters. The molecule has 34 heavy (non-hydrogen) atoms. The zero-order valence-corrected chi connectivity index (χ0v) is 22.1. The lowest BCUT2D eigenvalue weighted by Crippen LogP contribution is -2.42. The Labute approximate surface area is 205 Å². The van der Waals surface area contributed by atoms with Crippen LogP contribution in [-0.2, 0) is 23.8 Å². The van der Waals surface area contributed by atoms with Gasteiger partial charge in [-0.05, 0) is 78.1 Å². The summed E-state index contributed by atoms with van der Waals surface area (Å²) in [6.07, 6.45) is 11.6. The number of aromatic nitrogens is 1. The maximum Gasteiger partial charge on any atom is 0.221 e. The van der Waals surface area contributed by atoms with Crippen LogP contribution >= 0.6 is 0 Å². The van der Waals surface area contributed by atoms with Crippen molar-refractivity contribution >= 4 is 10.8 Å². The summed E-state index contributed by atoms with van der Waals surface area (Å²) in [4.78, 5) is 0. The number of aryl methyl sites for hydroxylation is 3. The number of benzene rings is 2. The van der Waals surface area contributed by atoms with Gasteiger partial charge in [-0.1, -0.05) is 59.6 Å². The summed E-state index contributed by atoms with van der Waals surface area (Å²) < 4.78 is 18.4. The first-order valence-corrected chi connectivity index (χ1v) is 13.6. The largest absolute Gasteiger partial charge is 0.221 e. The SMILES string of the molecule is CCCCc1cc2c3c([n+](CCC)ccc3c1C)-c1c(C3(CC)CCC3)ccc(F)c1C2(C)C. The van der Waals surface area contributed by atoms with Crippen LogP contribution in [0.25, 0.3) is 22.0 Å². The first-order chi connectivity index (χ1) is 16.3. The Hall–Kier alpha value is -2.22. The number of unbranched alkanes of at least 4 members (excludes halogenated alkanes) is 1. The van der Waals surface area contributed by atoms with Crippen molar-refractivity contribution in [2.24, 2.45) is 0 Å². The van der Waals surface area contributed by atoms with Crippen LogP contribution in [0, 0.1) is 12.7 Å². The minimum atomic E-state index is -0.376. The molecule has 0 bridgehead atoms. The van der Waals surface area contributed by atoms with E-state index in [0.29, 0.717) is 0 Å². The molecule has 2 aliphatic carbocycles. The van der Waals surface area contributed by atoms with Crippen LogP contribution in [-0.4, -0.2) is 0 Å². The summed E-state index contributed by atoms with van der Waals surface area (Å²) in [5, 5.41) is 2.72. The number of pyridine rings is 1. The van der Waals surface area contributed by atoms with Crippen molar-refractivity contribution in [2.75, 3.05) is 0 Å². The monoisotopic (exact) mass is 458 g/mol. The number of rotatable bonds is 7. The lowest BCUT2D eigenvalue weighted by Gasteiger charge is -2.45. The highest BCUT2D eigenvalue weighted by Crippen LogP contribution is 2.56. The van der Waals surface area contributed by atoms with Gasteiger partial charge in [-0.15, -0.1) is 0 Å². The quantitative estimate of drug-likeness (QED) is 0.313. The van der Waals surface area contributed by atoms with Crippen LogP contribution in [0.5, 0.6) is 0 Å². The smallest absolute Gasteiger partial charge is 0.207 e. The van der Waals surface area contributed by atoms with Crippen LogP contribution in [0.1, 0.15) is 107 Å². The molecule has 1 aromatic heterocycles. The molecule has 1 heterocycles. The Kier molecular flexibility index (Phi) is 5.86. The van der Waals surface area contributed by atoms with Gasteiger partial charge in [0.2, 0.25) is 5.69 Å². The molecule has 2 heteroatoms. The van der Waals surface area contributed by atoms with E-state index in [1.807, 2.05) is 0 Å². The van der Waals surface area contributed by atoms with Gasteiger partial charge in [-0.2, -0.15) is 4.57 Å². The van der Waals surface area contributed by atoms with Crippen molar-refractivity contribution in [3.8, 4) is 11.3 Å². The summed E-state index contributed by atoms with van der Waals surface area (Å²) in [7, 11) is 0. The first-order valence-electron chi connectivity index (χ1n) is 13.6. The predicted molar refractivity (Wildman–Crippen MR) is 141 cm³/mol. The predicted octanol–water partition coefficient (Wildman–Crippen LogP) is 8.47. The van der Waals surface area contributed by atoms with Gasteiger partial charge in [0.1, 0.15) is 12.4 Å². The molecule has 5 rings (SSSR count). The fraction of sp³-hybridized carbons (Fsp3) is 0.531. The Morgan fingerprint density at radius 3 is 2.38 bits per heavy atom. The molecule has 0 aliphatic heterocycles. The molecule has 0 amide bonds. The minimum Gasteiger partial charge on any atom is -0.207 e. The van der Waals surface area contributed by atoms with Crippen molar-refractivity contribution in [3.63, 3.8) is 0 Å². The van der Waals surface area contributed by atoms with Crippen LogP contribution in [0.2, 0.25) is 0 Å². The van der Waals surface area contributed by atoms with E-state index in [1.54, 1.807) is 6.07 Å². The molecule has 0 atom stereocenters. The van der Waals surface area contributed by atoms with Gasteiger partial charge in [-0.3, -0.25) is 0 Å². The number of hydrogen-bond acceptors (Lipinski definition) is 0. The minimum absolute atomic E-state index is 0.0456. The maximum absolute atomic E-state index is 15.9. The Balaban J connectivity index is 1.95. The fourth-order valence-corrected chi connectivity index (χ4v) is 6.95. The topological polar surface area (TPSA) is 3.88 Å². The number of halogens is 1. The van der Waals surface area contributed by atoms with Crippen molar-refractivity contribution in [3.05, 3.63) is 64.1 Å². The van der Waals surface area contributed by atoms with Gasteiger partial charge >= 0.3 is 0 Å². The van der Waals surface area contributed by atoms with E-state index in [4.69, 9.17) is 0 Å². The standard InChI is InChI=1S/C32H41FN/c1-7-10-12-22-20-25-27-23(21(22)4)15-19-34(18-8-2)30(27)28-24(32(9-3)16-11-17-32)13-14-26(33)29(28)31(25,5)6/h13-15,19-20H,7-12,16-18H2,1-6H3/q+1. The molecule has 1 fully saturated rings. The van der Waals surface area contributed by atoms with Gasteiger partial charge in [0.05, 0.1) is 10.9 Å². The van der Waals surface area contributed by atoms with E-state index >= 15 is 4.39 Å². The Morgan fingerprint density at radius 1 is 1.00 bits per heavy atom. The molecule has 1 nitrogen and oxygen atoms in total. The molecule has 3 aromatic rings. The molecule has 0 radical (unpaired) electrons. The van der Waals surface area contributed by atoms with Crippen molar-refractivity contribution < 1.29 is 8.96 Å². The molecule has 180 valence electrons. The second-order valence-electron chi connectivity index (χ2n) is 11.4. The summed E-state index contributed by atoms with van der Waals surface area (Å²) in [5.74, 6) is -0.0456. The highest BCUT2D eigenvalue weighted by Gasteiger charge is 2.47. The third kappa shape index (κ3) is 3.20. The van der Waals surface area contributed by atoms with E-state index in [9.17, 15) is 0 Å². The van der Waals surface area contributed by atoms with E-state index in [2.05, 4.69) is 70.5 Å². The zero-order valence-electron chi connectivity index (χ0n) is 22.1. The van der Waals surface area contributed by atoms with Crippen LogP contribution < -0.4 is 4.57 Å². The Bertz CT molecular complexity index is 1260. The van der Waals surface area contributed by atoms with Gasteiger partial charge in [0, 0.05) is 23.5 Å². The Morgan fingerprint density at radius 2 is 1.76 bits per heavy atom. The third-order valence-electron chi connectivity index (χ3n) is 9.20. The second kappa shape index (κ2) is 8.47. The van der Waals surface area contributed by atoms with Gasteiger partial charge < -0.3 is 0 Å². The van der Waals surface area contributed by atoms with E-state index in [0.717, 1.165) is 31.4 Å². The molecule has 0 N–H and O–H groups in total. The van der Waals surface area contributed by atoms with Gasteiger partial charge in [0.15, 0.2) is 6.20 Å². The van der Waals surface area contributed by atoms with Crippen molar-refractivity contribution in [1.29, 1.82) is 0 Å². The summed E-state index contributed by atoms with van der Waals surface area (Å²) in [6, 6.07) is 8.67. The second-order valence-corrected chi connectivity index (χ2v) is 11.4. The summed E-state index contributed by atoms with van der Waals surface area (Å²) in [6.45, 7) is 14.6. The molecule has 0 spiro atoms. The molecule has 2 aliphatic rings. The van der Waals surface area contributed by atoms with Crippen LogP contribution in [0.4, 0.5) is 4.39 Å². The van der Waals surface area contributed by atoms with E-state index in [1.165, 1.54) is 76.4 Å². The summed E-state index contributed by atoms with van der Waals surface area (Å²) >= 11 is 0. The van der Waals surface area contributed by atoms with Gasteiger partial charge in [0.25, 0.3) is 0 Å². The lowest BCUT2D eigenvalue weighted by atomic mass is 9.58. The molecule has 2 aromatic carbocycles. The highest BCUT2D eigenvalue weighted by atomic mass is 19.1. The van der Waals surface area contributed by atoms with Crippen molar-refractivity contribution in [2.45, 2.75) is 110 Å². The lowest BCUT2D eigenvalue weighted by molar-refractivity contribution is -0.685. The number of hydrogen-bond donors (Lipinski definition) is 0. The van der Waals surface area contributed by atoms with Crippen molar-refractivity contribution in [1.82, 2.24) is 0 Å². The molecule has 1 saturated carbocycles. The van der Waals surface area contributed by atoms with Crippen LogP contribution in [0.3, 0.4) is 0 Å². The highest BCUT2D eigenvalue weighted by molar-refractivity contribution is 6.03. The average Bonchev–Trinajstić information content (AvgIpc) is 2.78. The first kappa shape index (κ1) is 23.5. The molecular weight excluding hydrogens is 417 g/mol. The number of nitrogens with zero attached hydrogens (tertiary/aromatic N) is 1. The average molecular weight is 459 g/mol. The van der Waals surface area contributed by atoms with Gasteiger partial charge in [-0.25, -0.2) is 4.39 Å².